The van der Waals surface area contributed by atoms with Gasteiger partial charge < -0.3 is 9.80 Å². The molecule has 0 aromatic carbocycles. The van der Waals surface area contributed by atoms with Crippen LogP contribution in [0.5, 0.6) is 0 Å². The molecule has 0 bridgehead atoms. The van der Waals surface area contributed by atoms with Gasteiger partial charge in [0.2, 0.25) is 0 Å². The highest BCUT2D eigenvalue weighted by atomic mass is 15.3. The Labute approximate surface area is 69.5 Å². The lowest BCUT2D eigenvalue weighted by molar-refractivity contribution is 0.265. The van der Waals surface area contributed by atoms with Crippen LogP contribution in [0.1, 0.15) is 26.7 Å². The molecule has 1 heterocycles. The Balaban J connectivity index is 2.19. The molecular formula is C9H18N2. The molecule has 0 aliphatic carbocycles. The van der Waals surface area contributed by atoms with Crippen molar-refractivity contribution in [1.29, 1.82) is 0 Å². The topological polar surface area (TPSA) is 6.48 Å². The first-order valence-corrected chi connectivity index (χ1v) is 4.53. The SMILES string of the molecule is CCCN1C=CN(CCC)C1. The lowest BCUT2D eigenvalue weighted by atomic mass is 10.4. The van der Waals surface area contributed by atoms with Gasteiger partial charge in [-0.05, 0) is 12.8 Å². The van der Waals surface area contributed by atoms with E-state index < -0.39 is 0 Å². The number of hydrogen-bond donors (Lipinski definition) is 0. The second kappa shape index (κ2) is 4.27. The van der Waals surface area contributed by atoms with Crippen LogP contribution in [0.3, 0.4) is 0 Å². The number of rotatable bonds is 4. The smallest absolute Gasteiger partial charge is 0.0893 e. The second-order valence-electron chi connectivity index (χ2n) is 3.06. The molecule has 2 nitrogen and oxygen atoms in total. The quantitative estimate of drug-likeness (QED) is 0.609. The molecule has 1 aliphatic heterocycles. The van der Waals surface area contributed by atoms with Crippen LogP contribution in [0.4, 0.5) is 0 Å². The monoisotopic (exact) mass is 154 g/mol. The van der Waals surface area contributed by atoms with Crippen molar-refractivity contribution in [2.24, 2.45) is 0 Å². The van der Waals surface area contributed by atoms with Crippen LogP contribution in [-0.4, -0.2) is 29.6 Å². The summed E-state index contributed by atoms with van der Waals surface area (Å²) in [5.74, 6) is 0. The van der Waals surface area contributed by atoms with Crippen LogP contribution in [0.15, 0.2) is 12.4 Å². The van der Waals surface area contributed by atoms with E-state index in [1.807, 2.05) is 0 Å². The number of hydrogen-bond acceptors (Lipinski definition) is 2. The zero-order valence-corrected chi connectivity index (χ0v) is 7.58. The summed E-state index contributed by atoms with van der Waals surface area (Å²) in [6.07, 6.45) is 6.87. The maximum absolute atomic E-state index is 2.36. The molecule has 64 valence electrons. The van der Waals surface area contributed by atoms with Crippen LogP contribution in [0, 0.1) is 0 Å². The molecule has 0 fully saturated rings. The van der Waals surface area contributed by atoms with Gasteiger partial charge in [-0.2, -0.15) is 0 Å². The van der Waals surface area contributed by atoms with Crippen molar-refractivity contribution in [1.82, 2.24) is 9.80 Å². The van der Waals surface area contributed by atoms with Gasteiger partial charge >= 0.3 is 0 Å². The third kappa shape index (κ3) is 2.45. The first-order chi connectivity index (χ1) is 5.36. The van der Waals surface area contributed by atoms with Crippen molar-refractivity contribution in [3.8, 4) is 0 Å². The van der Waals surface area contributed by atoms with E-state index in [1.54, 1.807) is 0 Å². The third-order valence-corrected chi connectivity index (χ3v) is 1.87. The summed E-state index contributed by atoms with van der Waals surface area (Å²) in [7, 11) is 0. The average Bonchev–Trinajstić information content (AvgIpc) is 2.38. The molecular weight excluding hydrogens is 136 g/mol. The van der Waals surface area contributed by atoms with E-state index in [-0.39, 0.29) is 0 Å². The van der Waals surface area contributed by atoms with E-state index in [1.165, 1.54) is 25.9 Å². The van der Waals surface area contributed by atoms with Crippen molar-refractivity contribution in [3.05, 3.63) is 12.4 Å². The van der Waals surface area contributed by atoms with Crippen LogP contribution < -0.4 is 0 Å². The van der Waals surface area contributed by atoms with Crippen LogP contribution >= 0.6 is 0 Å². The molecule has 2 heteroatoms. The molecule has 0 aromatic rings. The van der Waals surface area contributed by atoms with E-state index >= 15 is 0 Å². The Kier molecular flexibility index (Phi) is 3.27. The maximum atomic E-state index is 2.36. The molecule has 0 atom stereocenters. The van der Waals surface area contributed by atoms with Crippen LogP contribution in [0.25, 0.3) is 0 Å². The van der Waals surface area contributed by atoms with E-state index in [0.717, 1.165) is 6.67 Å². The van der Waals surface area contributed by atoms with Gasteiger partial charge in [0.1, 0.15) is 0 Å². The summed E-state index contributed by atoms with van der Waals surface area (Å²) in [4.78, 5) is 4.71. The van der Waals surface area contributed by atoms with Crippen molar-refractivity contribution in [2.45, 2.75) is 26.7 Å². The van der Waals surface area contributed by atoms with Gasteiger partial charge in [0.25, 0.3) is 0 Å². The standard InChI is InChI=1S/C9H18N2/c1-3-5-10-7-8-11(9-10)6-4-2/h7-8H,3-6,9H2,1-2H3. The third-order valence-electron chi connectivity index (χ3n) is 1.87. The Morgan fingerprint density at radius 2 is 1.45 bits per heavy atom. The minimum Gasteiger partial charge on any atom is -0.359 e. The normalized spacial score (nSPS) is 16.5. The van der Waals surface area contributed by atoms with Crippen LogP contribution in [-0.2, 0) is 0 Å². The fourth-order valence-corrected chi connectivity index (χ4v) is 1.38. The summed E-state index contributed by atoms with van der Waals surface area (Å²) >= 11 is 0. The summed E-state index contributed by atoms with van der Waals surface area (Å²) < 4.78 is 0. The Morgan fingerprint density at radius 3 is 1.82 bits per heavy atom. The summed E-state index contributed by atoms with van der Waals surface area (Å²) in [5.41, 5.74) is 0. The fraction of sp³-hybridized carbons (Fsp3) is 0.778. The molecule has 1 rings (SSSR count). The van der Waals surface area contributed by atoms with Crippen LogP contribution in [0.2, 0.25) is 0 Å². The molecule has 0 radical (unpaired) electrons. The van der Waals surface area contributed by atoms with Gasteiger partial charge in [0.05, 0.1) is 6.67 Å². The first-order valence-electron chi connectivity index (χ1n) is 4.53. The zero-order chi connectivity index (χ0) is 8.10. The van der Waals surface area contributed by atoms with E-state index in [2.05, 4.69) is 36.0 Å². The van der Waals surface area contributed by atoms with Gasteiger partial charge in [-0.25, -0.2) is 0 Å². The van der Waals surface area contributed by atoms with Gasteiger partial charge in [0, 0.05) is 25.5 Å². The Bertz CT molecular complexity index is 118. The highest BCUT2D eigenvalue weighted by molar-refractivity contribution is 4.89. The lowest BCUT2D eigenvalue weighted by Gasteiger charge is -2.19. The highest BCUT2D eigenvalue weighted by Gasteiger charge is 2.08. The predicted molar refractivity (Wildman–Crippen MR) is 48.0 cm³/mol. The van der Waals surface area contributed by atoms with Gasteiger partial charge in [0.15, 0.2) is 0 Å². The molecule has 1 aliphatic rings. The summed E-state index contributed by atoms with van der Waals surface area (Å²) in [6.45, 7) is 7.92. The van der Waals surface area contributed by atoms with Gasteiger partial charge in [-0.1, -0.05) is 13.8 Å². The van der Waals surface area contributed by atoms with Gasteiger partial charge in [-0.15, -0.1) is 0 Å². The minimum atomic E-state index is 1.10. The summed E-state index contributed by atoms with van der Waals surface area (Å²) in [5, 5.41) is 0. The zero-order valence-electron chi connectivity index (χ0n) is 7.58. The molecule has 0 saturated carbocycles. The highest BCUT2D eigenvalue weighted by Crippen LogP contribution is 2.06. The molecule has 0 spiro atoms. The molecule has 0 saturated heterocycles. The number of nitrogens with zero attached hydrogens (tertiary/aromatic N) is 2. The lowest BCUT2D eigenvalue weighted by Crippen LogP contribution is -2.26. The summed E-state index contributed by atoms with van der Waals surface area (Å²) in [6, 6.07) is 0. The molecule has 0 unspecified atom stereocenters. The second-order valence-corrected chi connectivity index (χ2v) is 3.06. The Morgan fingerprint density at radius 1 is 1.00 bits per heavy atom. The first kappa shape index (κ1) is 8.44. The van der Waals surface area contributed by atoms with Crippen molar-refractivity contribution >= 4 is 0 Å². The molecule has 11 heavy (non-hydrogen) atoms. The van der Waals surface area contributed by atoms with Crippen molar-refractivity contribution in [2.75, 3.05) is 19.8 Å². The molecule has 0 amide bonds. The van der Waals surface area contributed by atoms with Gasteiger partial charge in [-0.3, -0.25) is 0 Å². The molecule has 0 aromatic heterocycles. The van der Waals surface area contributed by atoms with E-state index in [0.29, 0.717) is 0 Å². The molecule has 0 N–H and O–H groups in total. The Hall–Kier alpha value is -0.660. The van der Waals surface area contributed by atoms with Crippen molar-refractivity contribution < 1.29 is 0 Å². The van der Waals surface area contributed by atoms with E-state index in [4.69, 9.17) is 0 Å². The maximum Gasteiger partial charge on any atom is 0.0893 e. The average molecular weight is 154 g/mol. The minimum absolute atomic E-state index is 1.10. The van der Waals surface area contributed by atoms with Crippen molar-refractivity contribution in [3.63, 3.8) is 0 Å². The van der Waals surface area contributed by atoms with E-state index in [9.17, 15) is 0 Å². The predicted octanol–water partition coefficient (Wildman–Crippen LogP) is 1.85. The fourth-order valence-electron chi connectivity index (χ4n) is 1.38. The largest absolute Gasteiger partial charge is 0.359 e.